The Morgan fingerprint density at radius 2 is 2.05 bits per heavy atom. The molecule has 2 aromatic rings. The Kier molecular flexibility index (Phi) is 3.23. The number of aryl methyl sites for hydroxylation is 1. The first-order chi connectivity index (χ1) is 10.2. The predicted octanol–water partition coefficient (Wildman–Crippen LogP) is 3.19. The molecule has 0 N–H and O–H groups in total. The summed E-state index contributed by atoms with van der Waals surface area (Å²) in [5.74, 6) is 1.49. The van der Waals surface area contributed by atoms with Crippen LogP contribution in [0.25, 0.3) is 0 Å². The third-order valence-electron chi connectivity index (χ3n) is 5.09. The van der Waals surface area contributed by atoms with Gasteiger partial charge in [-0.1, -0.05) is 24.3 Å². The minimum Gasteiger partial charge on any atom is -0.347 e. The van der Waals surface area contributed by atoms with E-state index in [-0.39, 0.29) is 0 Å². The SMILES string of the molecule is Cc1ccccc1[C@@H]1[C@@H]2CN(c3nccs3)C[C@@H]2CN1C. The number of anilines is 1. The fourth-order valence-electron chi connectivity index (χ4n) is 4.17. The number of rotatable bonds is 2. The van der Waals surface area contributed by atoms with Gasteiger partial charge < -0.3 is 4.90 Å². The van der Waals surface area contributed by atoms with Crippen molar-refractivity contribution in [3.8, 4) is 0 Å². The molecule has 0 saturated carbocycles. The zero-order valence-corrected chi connectivity index (χ0v) is 13.4. The van der Waals surface area contributed by atoms with Crippen LogP contribution in [-0.2, 0) is 0 Å². The number of aromatic nitrogens is 1. The topological polar surface area (TPSA) is 19.4 Å². The van der Waals surface area contributed by atoms with E-state index in [2.05, 4.69) is 58.4 Å². The van der Waals surface area contributed by atoms with Gasteiger partial charge in [0.15, 0.2) is 5.13 Å². The normalized spacial score (nSPS) is 29.0. The molecular formula is C17H21N3S. The van der Waals surface area contributed by atoms with Crippen molar-refractivity contribution in [2.75, 3.05) is 31.6 Å². The van der Waals surface area contributed by atoms with Crippen LogP contribution in [0, 0.1) is 18.8 Å². The summed E-state index contributed by atoms with van der Waals surface area (Å²) in [6.45, 7) is 5.74. The molecule has 0 bridgehead atoms. The van der Waals surface area contributed by atoms with Crippen LogP contribution >= 0.6 is 11.3 Å². The summed E-state index contributed by atoms with van der Waals surface area (Å²) in [5.41, 5.74) is 2.93. The third-order valence-corrected chi connectivity index (χ3v) is 5.92. The van der Waals surface area contributed by atoms with Gasteiger partial charge in [-0.2, -0.15) is 0 Å². The maximum atomic E-state index is 4.49. The van der Waals surface area contributed by atoms with Crippen LogP contribution in [0.1, 0.15) is 17.2 Å². The van der Waals surface area contributed by atoms with Gasteiger partial charge in [0, 0.05) is 43.2 Å². The molecule has 0 radical (unpaired) electrons. The monoisotopic (exact) mass is 299 g/mol. The Labute approximate surface area is 130 Å². The molecule has 3 atom stereocenters. The molecule has 0 spiro atoms. The van der Waals surface area contributed by atoms with Gasteiger partial charge in [-0.15, -0.1) is 11.3 Å². The molecule has 2 aliphatic heterocycles. The highest BCUT2D eigenvalue weighted by atomic mass is 32.1. The highest BCUT2D eigenvalue weighted by Gasteiger charge is 2.46. The number of benzene rings is 1. The van der Waals surface area contributed by atoms with Gasteiger partial charge in [0.2, 0.25) is 0 Å². The van der Waals surface area contributed by atoms with Crippen molar-refractivity contribution < 1.29 is 0 Å². The molecule has 4 rings (SSSR count). The number of thiazole rings is 1. The van der Waals surface area contributed by atoms with Gasteiger partial charge in [-0.3, -0.25) is 4.90 Å². The average Bonchev–Trinajstić information content (AvgIpc) is 3.14. The summed E-state index contributed by atoms with van der Waals surface area (Å²) >= 11 is 1.76. The molecule has 2 aliphatic rings. The molecular weight excluding hydrogens is 278 g/mol. The van der Waals surface area contributed by atoms with E-state index in [1.807, 2.05) is 6.20 Å². The quantitative estimate of drug-likeness (QED) is 0.849. The molecule has 3 nitrogen and oxygen atoms in total. The van der Waals surface area contributed by atoms with E-state index in [1.54, 1.807) is 11.3 Å². The van der Waals surface area contributed by atoms with Crippen LogP contribution in [0.2, 0.25) is 0 Å². The largest absolute Gasteiger partial charge is 0.347 e. The third kappa shape index (κ3) is 2.17. The molecule has 0 amide bonds. The van der Waals surface area contributed by atoms with Gasteiger partial charge in [0.05, 0.1) is 0 Å². The molecule has 0 unspecified atom stereocenters. The summed E-state index contributed by atoms with van der Waals surface area (Å²) in [4.78, 5) is 9.53. The van der Waals surface area contributed by atoms with Crippen LogP contribution in [0.15, 0.2) is 35.8 Å². The lowest BCUT2D eigenvalue weighted by Gasteiger charge is -2.27. The Morgan fingerprint density at radius 3 is 2.81 bits per heavy atom. The number of hydrogen-bond donors (Lipinski definition) is 0. The van der Waals surface area contributed by atoms with Crippen molar-refractivity contribution in [1.82, 2.24) is 9.88 Å². The Bertz CT molecular complexity index is 625. The van der Waals surface area contributed by atoms with E-state index in [9.17, 15) is 0 Å². The average molecular weight is 299 g/mol. The van der Waals surface area contributed by atoms with Crippen LogP contribution in [0.4, 0.5) is 5.13 Å². The van der Waals surface area contributed by atoms with Gasteiger partial charge >= 0.3 is 0 Å². The Morgan fingerprint density at radius 1 is 1.19 bits per heavy atom. The van der Waals surface area contributed by atoms with Crippen LogP contribution in [0.5, 0.6) is 0 Å². The molecule has 4 heteroatoms. The van der Waals surface area contributed by atoms with Crippen molar-refractivity contribution in [2.24, 2.45) is 11.8 Å². The molecule has 0 aliphatic carbocycles. The van der Waals surface area contributed by atoms with E-state index < -0.39 is 0 Å². The number of hydrogen-bond acceptors (Lipinski definition) is 4. The summed E-state index contributed by atoms with van der Waals surface area (Å²) in [6.07, 6.45) is 1.92. The fourth-order valence-corrected chi connectivity index (χ4v) is 4.84. The second kappa shape index (κ2) is 5.11. The number of likely N-dealkylation sites (tertiary alicyclic amines) is 1. The first-order valence-corrected chi connectivity index (χ1v) is 8.52. The van der Waals surface area contributed by atoms with Crippen LogP contribution in [-0.4, -0.2) is 36.6 Å². The van der Waals surface area contributed by atoms with Crippen molar-refractivity contribution >= 4 is 16.5 Å². The lowest BCUT2D eigenvalue weighted by Crippen LogP contribution is -2.29. The summed E-state index contributed by atoms with van der Waals surface area (Å²) in [6, 6.07) is 9.43. The minimum atomic E-state index is 0.557. The first kappa shape index (κ1) is 13.3. The summed E-state index contributed by atoms with van der Waals surface area (Å²) < 4.78 is 0. The summed E-state index contributed by atoms with van der Waals surface area (Å²) in [5, 5.41) is 3.27. The van der Waals surface area contributed by atoms with Crippen molar-refractivity contribution in [2.45, 2.75) is 13.0 Å². The second-order valence-corrected chi connectivity index (χ2v) is 7.26. The van der Waals surface area contributed by atoms with Crippen molar-refractivity contribution in [3.05, 3.63) is 47.0 Å². The first-order valence-electron chi connectivity index (χ1n) is 7.64. The molecule has 21 heavy (non-hydrogen) atoms. The smallest absolute Gasteiger partial charge is 0.185 e. The zero-order chi connectivity index (χ0) is 14.4. The zero-order valence-electron chi connectivity index (χ0n) is 12.6. The highest BCUT2D eigenvalue weighted by Crippen LogP contribution is 2.45. The Balaban J connectivity index is 1.63. The lowest BCUT2D eigenvalue weighted by atomic mass is 9.88. The molecule has 2 saturated heterocycles. The van der Waals surface area contributed by atoms with Gasteiger partial charge in [-0.05, 0) is 31.0 Å². The molecule has 1 aromatic carbocycles. The Hall–Kier alpha value is -1.39. The number of nitrogens with zero attached hydrogens (tertiary/aromatic N) is 3. The van der Waals surface area contributed by atoms with Crippen molar-refractivity contribution in [3.63, 3.8) is 0 Å². The van der Waals surface area contributed by atoms with Gasteiger partial charge in [-0.25, -0.2) is 4.98 Å². The van der Waals surface area contributed by atoms with Gasteiger partial charge in [0.1, 0.15) is 0 Å². The maximum absolute atomic E-state index is 4.49. The minimum absolute atomic E-state index is 0.557. The highest BCUT2D eigenvalue weighted by molar-refractivity contribution is 7.13. The van der Waals surface area contributed by atoms with E-state index >= 15 is 0 Å². The maximum Gasteiger partial charge on any atom is 0.185 e. The molecule has 2 fully saturated rings. The standard InChI is InChI=1S/C17H21N3S/c1-12-5-3-4-6-14(12)16-15-11-20(17-18-7-8-21-17)10-13(15)9-19(16)2/h3-8,13,15-16H,9-11H2,1-2H3/t13-,15+,16+/m0/s1. The van der Waals surface area contributed by atoms with Gasteiger partial charge in [0.25, 0.3) is 0 Å². The van der Waals surface area contributed by atoms with Crippen molar-refractivity contribution in [1.29, 1.82) is 0 Å². The van der Waals surface area contributed by atoms with E-state index in [0.717, 1.165) is 24.9 Å². The lowest BCUT2D eigenvalue weighted by molar-refractivity contribution is 0.279. The van der Waals surface area contributed by atoms with E-state index in [1.165, 1.54) is 22.8 Å². The van der Waals surface area contributed by atoms with E-state index in [4.69, 9.17) is 0 Å². The van der Waals surface area contributed by atoms with Crippen LogP contribution < -0.4 is 4.90 Å². The molecule has 3 heterocycles. The fraction of sp³-hybridized carbons (Fsp3) is 0.471. The van der Waals surface area contributed by atoms with E-state index in [0.29, 0.717) is 6.04 Å². The number of fused-ring (bicyclic) bond motifs is 1. The molecule has 110 valence electrons. The predicted molar refractivity (Wildman–Crippen MR) is 87.9 cm³/mol. The van der Waals surface area contributed by atoms with Crippen LogP contribution in [0.3, 0.4) is 0 Å². The second-order valence-electron chi connectivity index (χ2n) is 6.38. The molecule has 1 aromatic heterocycles. The summed E-state index contributed by atoms with van der Waals surface area (Å²) in [7, 11) is 2.28.